The summed E-state index contributed by atoms with van der Waals surface area (Å²) in [5.74, 6) is 0.198. The van der Waals surface area contributed by atoms with Gasteiger partial charge >= 0.3 is 0 Å². The molecule has 1 spiro atoms. The number of ketones is 1. The molecule has 0 radical (unpaired) electrons. The third-order valence-corrected chi connectivity index (χ3v) is 6.88. The zero-order chi connectivity index (χ0) is 16.3. The molecule has 2 saturated carbocycles. The van der Waals surface area contributed by atoms with Gasteiger partial charge in [-0.2, -0.15) is 0 Å². The molecule has 128 valence electrons. The number of hydrogen-bond acceptors (Lipinski definition) is 3. The van der Waals surface area contributed by atoms with Crippen LogP contribution in [-0.2, 0) is 14.3 Å². The Morgan fingerprint density at radius 2 is 1.83 bits per heavy atom. The van der Waals surface area contributed by atoms with Crippen LogP contribution in [0.2, 0.25) is 0 Å². The van der Waals surface area contributed by atoms with E-state index in [4.69, 9.17) is 9.47 Å². The summed E-state index contributed by atoms with van der Waals surface area (Å²) < 4.78 is 12.8. The van der Waals surface area contributed by atoms with Gasteiger partial charge in [-0.3, -0.25) is 4.79 Å². The Morgan fingerprint density at radius 3 is 2.57 bits per heavy atom. The topological polar surface area (TPSA) is 35.5 Å². The first kappa shape index (κ1) is 15.8. The van der Waals surface area contributed by atoms with Crippen LogP contribution < -0.4 is 0 Å². The van der Waals surface area contributed by atoms with E-state index in [9.17, 15) is 4.79 Å². The minimum Gasteiger partial charge on any atom is -0.349 e. The quantitative estimate of drug-likeness (QED) is 0.669. The Labute approximate surface area is 139 Å². The lowest BCUT2D eigenvalue weighted by molar-refractivity contribution is -0.328. The fraction of sp³-hybridized carbons (Fsp3) is 0.850. The van der Waals surface area contributed by atoms with Gasteiger partial charge in [0.05, 0.1) is 13.2 Å². The van der Waals surface area contributed by atoms with Crippen LogP contribution in [0.25, 0.3) is 0 Å². The number of rotatable bonds is 0. The van der Waals surface area contributed by atoms with E-state index in [1.807, 2.05) is 6.08 Å². The van der Waals surface area contributed by atoms with Crippen molar-refractivity contribution < 1.29 is 14.3 Å². The standard InChI is InChI=1S/C20H30O3/c1-14-6-8-19-7-4-5-15(16(21)11-14)17(19)20(10-9-19)22-12-18(2,3)13-23-20/h11,15,17H,4-10,12-13H2,1-3H3/b14-11-. The van der Waals surface area contributed by atoms with Crippen molar-refractivity contribution in [2.75, 3.05) is 13.2 Å². The molecule has 4 rings (SSSR count). The van der Waals surface area contributed by atoms with Crippen LogP contribution in [0.15, 0.2) is 11.6 Å². The number of carbonyl (C=O) groups is 1. The molecule has 3 unspecified atom stereocenters. The van der Waals surface area contributed by atoms with E-state index in [1.54, 1.807) is 0 Å². The number of hydrogen-bond donors (Lipinski definition) is 0. The summed E-state index contributed by atoms with van der Waals surface area (Å²) in [5, 5.41) is 0. The Hall–Kier alpha value is -0.670. The van der Waals surface area contributed by atoms with Gasteiger partial charge in [0.2, 0.25) is 0 Å². The Morgan fingerprint density at radius 1 is 1.09 bits per heavy atom. The van der Waals surface area contributed by atoms with E-state index in [0.717, 1.165) is 38.9 Å². The van der Waals surface area contributed by atoms with Gasteiger partial charge in [-0.1, -0.05) is 25.8 Å². The summed E-state index contributed by atoms with van der Waals surface area (Å²) in [6.07, 6.45) is 9.73. The highest BCUT2D eigenvalue weighted by Gasteiger charge is 2.64. The van der Waals surface area contributed by atoms with Crippen molar-refractivity contribution >= 4 is 5.78 Å². The van der Waals surface area contributed by atoms with E-state index in [2.05, 4.69) is 20.8 Å². The van der Waals surface area contributed by atoms with Crippen LogP contribution in [0.1, 0.15) is 65.7 Å². The van der Waals surface area contributed by atoms with E-state index < -0.39 is 5.79 Å². The molecule has 1 heterocycles. The molecule has 1 aliphatic heterocycles. The van der Waals surface area contributed by atoms with Crippen molar-refractivity contribution in [1.29, 1.82) is 0 Å². The first-order chi connectivity index (χ1) is 10.9. The van der Waals surface area contributed by atoms with Gasteiger partial charge in [0, 0.05) is 23.7 Å². The molecule has 3 heteroatoms. The maximum atomic E-state index is 12.9. The second kappa shape index (κ2) is 5.16. The zero-order valence-electron chi connectivity index (χ0n) is 14.8. The molecule has 3 nitrogen and oxygen atoms in total. The highest BCUT2D eigenvalue weighted by Crippen LogP contribution is 2.64. The third-order valence-electron chi connectivity index (χ3n) is 6.88. The van der Waals surface area contributed by atoms with E-state index >= 15 is 0 Å². The molecule has 23 heavy (non-hydrogen) atoms. The van der Waals surface area contributed by atoms with Crippen molar-refractivity contribution in [3.05, 3.63) is 11.6 Å². The first-order valence-corrected chi connectivity index (χ1v) is 9.35. The second-order valence-corrected chi connectivity index (χ2v) is 9.29. The van der Waals surface area contributed by atoms with Crippen LogP contribution in [0, 0.1) is 22.7 Å². The molecule has 0 aromatic rings. The van der Waals surface area contributed by atoms with E-state index in [-0.39, 0.29) is 22.7 Å². The number of allylic oxidation sites excluding steroid dienone is 2. The lowest BCUT2D eigenvalue weighted by Gasteiger charge is -2.52. The van der Waals surface area contributed by atoms with Gasteiger partial charge in [-0.25, -0.2) is 0 Å². The average Bonchev–Trinajstić information content (AvgIpc) is 2.83. The van der Waals surface area contributed by atoms with Crippen molar-refractivity contribution in [1.82, 2.24) is 0 Å². The van der Waals surface area contributed by atoms with Crippen LogP contribution >= 0.6 is 0 Å². The fourth-order valence-electron chi connectivity index (χ4n) is 5.68. The van der Waals surface area contributed by atoms with Gasteiger partial charge in [0.25, 0.3) is 0 Å². The van der Waals surface area contributed by atoms with Crippen LogP contribution in [0.5, 0.6) is 0 Å². The summed E-state index contributed by atoms with van der Waals surface area (Å²) in [4.78, 5) is 12.9. The molecular weight excluding hydrogens is 288 g/mol. The Bertz CT molecular complexity index is 537. The minimum atomic E-state index is -0.491. The maximum absolute atomic E-state index is 12.9. The SMILES string of the molecule is C/C1=C/C(=O)C2CCCC3(CC1)CCC1(OCC(C)(C)CO1)C23. The molecule has 0 aromatic heterocycles. The Balaban J connectivity index is 1.72. The van der Waals surface area contributed by atoms with E-state index in [0.29, 0.717) is 5.78 Å². The molecular formula is C20H30O3. The molecule has 1 saturated heterocycles. The third kappa shape index (κ3) is 2.42. The molecule has 3 fully saturated rings. The highest BCUT2D eigenvalue weighted by atomic mass is 16.7. The first-order valence-electron chi connectivity index (χ1n) is 9.35. The van der Waals surface area contributed by atoms with Crippen molar-refractivity contribution in [3.63, 3.8) is 0 Å². The summed E-state index contributed by atoms with van der Waals surface area (Å²) >= 11 is 0. The predicted octanol–water partition coefficient (Wildman–Crippen LogP) is 4.26. The van der Waals surface area contributed by atoms with Gasteiger partial charge in [-0.05, 0) is 50.5 Å². The van der Waals surface area contributed by atoms with Crippen LogP contribution in [-0.4, -0.2) is 24.8 Å². The molecule has 2 bridgehead atoms. The molecule has 0 N–H and O–H groups in total. The predicted molar refractivity (Wildman–Crippen MR) is 88.9 cm³/mol. The maximum Gasteiger partial charge on any atom is 0.172 e. The molecule has 0 aromatic carbocycles. The molecule has 3 atom stereocenters. The normalized spacial score (nSPS) is 44.1. The largest absolute Gasteiger partial charge is 0.349 e. The highest BCUT2D eigenvalue weighted by molar-refractivity contribution is 5.93. The summed E-state index contributed by atoms with van der Waals surface area (Å²) in [7, 11) is 0. The molecule has 3 aliphatic carbocycles. The summed E-state index contributed by atoms with van der Waals surface area (Å²) in [6, 6.07) is 0. The second-order valence-electron chi connectivity index (χ2n) is 9.29. The van der Waals surface area contributed by atoms with E-state index in [1.165, 1.54) is 24.8 Å². The van der Waals surface area contributed by atoms with Crippen LogP contribution in [0.3, 0.4) is 0 Å². The fourth-order valence-corrected chi connectivity index (χ4v) is 5.68. The van der Waals surface area contributed by atoms with Crippen LogP contribution in [0.4, 0.5) is 0 Å². The minimum absolute atomic E-state index is 0.0816. The average molecular weight is 318 g/mol. The van der Waals surface area contributed by atoms with Gasteiger partial charge in [-0.15, -0.1) is 0 Å². The lowest BCUT2D eigenvalue weighted by atomic mass is 9.58. The Kier molecular flexibility index (Phi) is 3.55. The van der Waals surface area contributed by atoms with Gasteiger partial charge in [0.1, 0.15) is 0 Å². The lowest BCUT2D eigenvalue weighted by Crippen LogP contribution is -2.56. The number of ether oxygens (including phenoxy) is 2. The molecule has 0 amide bonds. The monoisotopic (exact) mass is 318 g/mol. The smallest absolute Gasteiger partial charge is 0.172 e. The summed E-state index contributed by atoms with van der Waals surface area (Å²) in [6.45, 7) is 8.00. The summed E-state index contributed by atoms with van der Waals surface area (Å²) in [5.41, 5.74) is 1.60. The number of carbonyl (C=O) groups excluding carboxylic acids is 1. The van der Waals surface area contributed by atoms with Gasteiger partial charge < -0.3 is 9.47 Å². The zero-order valence-corrected chi connectivity index (χ0v) is 14.8. The van der Waals surface area contributed by atoms with Crippen molar-refractivity contribution in [2.45, 2.75) is 71.5 Å². The van der Waals surface area contributed by atoms with Gasteiger partial charge in [0.15, 0.2) is 11.6 Å². The molecule has 4 aliphatic rings. The van der Waals surface area contributed by atoms with Crippen molar-refractivity contribution in [3.8, 4) is 0 Å². The van der Waals surface area contributed by atoms with Crippen molar-refractivity contribution in [2.24, 2.45) is 22.7 Å².